The summed E-state index contributed by atoms with van der Waals surface area (Å²) in [5.74, 6) is 0. The quantitative estimate of drug-likeness (QED) is 0.882. The predicted molar refractivity (Wildman–Crippen MR) is 74.9 cm³/mol. The summed E-state index contributed by atoms with van der Waals surface area (Å²) < 4.78 is 27.0. The molecule has 0 atom stereocenters. The van der Waals surface area contributed by atoms with Crippen LogP contribution in [0.25, 0.3) is 0 Å². The van der Waals surface area contributed by atoms with Gasteiger partial charge in [0.1, 0.15) is 4.21 Å². The van der Waals surface area contributed by atoms with Crippen molar-refractivity contribution in [2.24, 2.45) is 0 Å². The fourth-order valence-electron chi connectivity index (χ4n) is 1.56. The molecule has 0 aliphatic rings. The highest BCUT2D eigenvalue weighted by Crippen LogP contribution is 2.24. The van der Waals surface area contributed by atoms with Gasteiger partial charge in [0.15, 0.2) is 0 Å². The number of aliphatic hydroxyl groups excluding tert-OH is 1. The van der Waals surface area contributed by atoms with Gasteiger partial charge in [-0.05, 0) is 31.2 Å². The van der Waals surface area contributed by atoms with Gasteiger partial charge in [-0.3, -0.25) is 9.71 Å². The van der Waals surface area contributed by atoms with Crippen molar-refractivity contribution >= 4 is 27.0 Å². The van der Waals surface area contributed by atoms with Gasteiger partial charge in [0.25, 0.3) is 10.0 Å². The molecule has 0 saturated heterocycles. The lowest BCUT2D eigenvalue weighted by Crippen LogP contribution is -2.11. The third kappa shape index (κ3) is 3.52. The van der Waals surface area contributed by atoms with Crippen LogP contribution in [0.5, 0.6) is 0 Å². The van der Waals surface area contributed by atoms with E-state index in [-0.39, 0.29) is 10.8 Å². The normalized spacial score (nSPS) is 11.5. The Bertz CT molecular complexity index is 665. The van der Waals surface area contributed by atoms with Crippen LogP contribution in [0.4, 0.5) is 5.69 Å². The first-order valence-corrected chi connectivity index (χ1v) is 7.96. The van der Waals surface area contributed by atoms with E-state index in [0.29, 0.717) is 12.1 Å². The minimum absolute atomic E-state index is 0.0109. The molecule has 0 aliphatic heterocycles. The van der Waals surface area contributed by atoms with Crippen molar-refractivity contribution in [2.45, 2.75) is 17.6 Å². The molecule has 0 aliphatic carbocycles. The average molecular weight is 298 g/mol. The van der Waals surface area contributed by atoms with Gasteiger partial charge in [-0.2, -0.15) is 0 Å². The van der Waals surface area contributed by atoms with Crippen LogP contribution in [0.3, 0.4) is 0 Å². The Kier molecular flexibility index (Phi) is 4.18. The summed E-state index contributed by atoms with van der Waals surface area (Å²) >= 11 is 1.16. The first-order chi connectivity index (χ1) is 9.01. The van der Waals surface area contributed by atoms with E-state index < -0.39 is 10.0 Å². The lowest BCUT2D eigenvalue weighted by Gasteiger charge is -2.06. The van der Waals surface area contributed by atoms with E-state index in [4.69, 9.17) is 5.11 Å². The molecule has 5 nitrogen and oxygen atoms in total. The molecule has 2 heterocycles. The van der Waals surface area contributed by atoms with Gasteiger partial charge >= 0.3 is 0 Å². The molecule has 0 radical (unpaired) electrons. The molecule has 2 aromatic heterocycles. The number of anilines is 1. The molecule has 7 heteroatoms. The number of hydrogen-bond acceptors (Lipinski definition) is 5. The third-order valence-corrected chi connectivity index (χ3v) is 5.43. The number of aryl methyl sites for hydroxylation is 1. The number of aromatic nitrogens is 1. The molecule has 0 amide bonds. The van der Waals surface area contributed by atoms with E-state index in [0.717, 1.165) is 21.9 Å². The topological polar surface area (TPSA) is 79.3 Å². The van der Waals surface area contributed by atoms with Crippen LogP contribution in [-0.2, 0) is 16.4 Å². The van der Waals surface area contributed by atoms with Gasteiger partial charge in [-0.25, -0.2) is 8.42 Å². The van der Waals surface area contributed by atoms with E-state index in [1.807, 2.05) is 0 Å². The molecule has 102 valence electrons. The van der Waals surface area contributed by atoms with Crippen molar-refractivity contribution in [3.8, 4) is 0 Å². The molecule has 2 rings (SSSR count). The average Bonchev–Trinajstić information content (AvgIpc) is 2.78. The molecule has 0 spiro atoms. The zero-order chi connectivity index (χ0) is 13.9. The monoisotopic (exact) mass is 298 g/mol. The summed E-state index contributed by atoms with van der Waals surface area (Å²) in [5.41, 5.74) is 1.23. The summed E-state index contributed by atoms with van der Waals surface area (Å²) in [6.45, 7) is 1.80. The van der Waals surface area contributed by atoms with Crippen LogP contribution in [0.2, 0.25) is 0 Å². The number of hydrogen-bond donors (Lipinski definition) is 2. The van der Waals surface area contributed by atoms with E-state index >= 15 is 0 Å². The summed E-state index contributed by atoms with van der Waals surface area (Å²) in [6, 6.07) is 6.53. The Morgan fingerprint density at radius 3 is 2.84 bits per heavy atom. The second-order valence-electron chi connectivity index (χ2n) is 3.99. The van der Waals surface area contributed by atoms with Gasteiger partial charge in [0, 0.05) is 29.8 Å². The van der Waals surface area contributed by atoms with Crippen molar-refractivity contribution in [3.05, 3.63) is 41.0 Å². The van der Waals surface area contributed by atoms with Crippen LogP contribution >= 0.6 is 11.3 Å². The van der Waals surface area contributed by atoms with E-state index in [1.54, 1.807) is 37.4 Å². The second kappa shape index (κ2) is 5.68. The van der Waals surface area contributed by atoms with Crippen molar-refractivity contribution < 1.29 is 13.5 Å². The molecular formula is C12H14N2O3S2. The minimum atomic E-state index is -3.57. The maximum absolute atomic E-state index is 12.1. The number of aliphatic hydroxyl groups is 1. The van der Waals surface area contributed by atoms with Gasteiger partial charge < -0.3 is 5.11 Å². The summed E-state index contributed by atoms with van der Waals surface area (Å²) in [7, 11) is -3.57. The molecular weight excluding hydrogens is 284 g/mol. The van der Waals surface area contributed by atoms with Gasteiger partial charge in [-0.1, -0.05) is 0 Å². The second-order valence-corrected chi connectivity index (χ2v) is 7.06. The number of nitrogens with one attached hydrogen (secondary N) is 1. The lowest BCUT2D eigenvalue weighted by atomic mass is 10.3. The zero-order valence-corrected chi connectivity index (χ0v) is 12.0. The molecule has 0 bridgehead atoms. The number of sulfonamides is 1. The Labute approximate surface area is 116 Å². The van der Waals surface area contributed by atoms with Crippen molar-refractivity contribution in [1.29, 1.82) is 0 Å². The SMILES string of the molecule is Cc1cc(NS(=O)(=O)c2ccc(CCO)s2)ccn1. The molecule has 19 heavy (non-hydrogen) atoms. The zero-order valence-electron chi connectivity index (χ0n) is 10.3. The Morgan fingerprint density at radius 1 is 1.37 bits per heavy atom. The van der Waals surface area contributed by atoms with Crippen molar-refractivity contribution in [2.75, 3.05) is 11.3 Å². The highest BCUT2D eigenvalue weighted by Gasteiger charge is 2.16. The van der Waals surface area contributed by atoms with Crippen molar-refractivity contribution in [1.82, 2.24) is 4.98 Å². The molecule has 0 fully saturated rings. The Hall–Kier alpha value is -1.44. The maximum atomic E-state index is 12.1. The van der Waals surface area contributed by atoms with Gasteiger partial charge in [0.05, 0.1) is 5.69 Å². The number of rotatable bonds is 5. The van der Waals surface area contributed by atoms with Crippen LogP contribution in [0, 0.1) is 6.92 Å². The number of thiophene rings is 1. The fourth-order valence-corrected chi connectivity index (χ4v) is 3.96. The number of nitrogens with zero attached hydrogens (tertiary/aromatic N) is 1. The largest absolute Gasteiger partial charge is 0.396 e. The standard InChI is InChI=1S/C12H14N2O3S2/c1-9-8-10(4-6-13-9)14-19(16,17)12-3-2-11(18-12)5-7-15/h2-4,6,8,15H,5,7H2,1H3,(H,13,14). The Balaban J connectivity index is 2.22. The smallest absolute Gasteiger partial charge is 0.271 e. The molecule has 2 aromatic rings. The third-order valence-electron chi connectivity index (χ3n) is 2.41. The number of pyridine rings is 1. The van der Waals surface area contributed by atoms with Crippen LogP contribution < -0.4 is 4.72 Å². The van der Waals surface area contributed by atoms with E-state index in [9.17, 15) is 8.42 Å². The molecule has 0 saturated carbocycles. The maximum Gasteiger partial charge on any atom is 0.271 e. The first kappa shape index (κ1) is 14.0. The van der Waals surface area contributed by atoms with Crippen LogP contribution in [0.15, 0.2) is 34.7 Å². The summed E-state index contributed by atoms with van der Waals surface area (Å²) in [5, 5.41) is 8.83. The van der Waals surface area contributed by atoms with Gasteiger partial charge in [-0.15, -0.1) is 11.3 Å². The molecule has 0 aromatic carbocycles. The fraction of sp³-hybridized carbons (Fsp3) is 0.250. The van der Waals surface area contributed by atoms with E-state index in [2.05, 4.69) is 9.71 Å². The molecule has 0 unspecified atom stereocenters. The van der Waals surface area contributed by atoms with Crippen molar-refractivity contribution in [3.63, 3.8) is 0 Å². The van der Waals surface area contributed by atoms with Crippen LogP contribution in [-0.4, -0.2) is 25.1 Å². The minimum Gasteiger partial charge on any atom is -0.396 e. The van der Waals surface area contributed by atoms with E-state index in [1.165, 1.54) is 0 Å². The summed E-state index contributed by atoms with van der Waals surface area (Å²) in [4.78, 5) is 4.85. The first-order valence-electron chi connectivity index (χ1n) is 5.66. The Morgan fingerprint density at radius 2 is 2.16 bits per heavy atom. The highest BCUT2D eigenvalue weighted by atomic mass is 32.2. The predicted octanol–water partition coefficient (Wildman–Crippen LogP) is 1.79. The van der Waals surface area contributed by atoms with Gasteiger partial charge in [0.2, 0.25) is 0 Å². The van der Waals surface area contributed by atoms with Crippen LogP contribution in [0.1, 0.15) is 10.6 Å². The summed E-state index contributed by atoms with van der Waals surface area (Å²) in [6.07, 6.45) is 2.02. The lowest BCUT2D eigenvalue weighted by molar-refractivity contribution is 0.300. The molecule has 2 N–H and O–H groups in total. The highest BCUT2D eigenvalue weighted by molar-refractivity contribution is 7.94.